The van der Waals surface area contributed by atoms with Crippen molar-refractivity contribution in [1.82, 2.24) is 9.88 Å². The number of carboxylic acids is 1. The van der Waals surface area contributed by atoms with Crippen LogP contribution in [0.5, 0.6) is 0 Å². The molecular formula is C26H14N2O6. The topological polar surface area (TPSA) is 123 Å². The monoisotopic (exact) mass is 450 g/mol. The molecule has 34 heavy (non-hydrogen) atoms. The van der Waals surface area contributed by atoms with Crippen LogP contribution in [0.3, 0.4) is 0 Å². The maximum atomic E-state index is 12.0. The van der Waals surface area contributed by atoms with E-state index < -0.39 is 12.0 Å². The van der Waals surface area contributed by atoms with Gasteiger partial charge in [0.15, 0.2) is 11.9 Å². The molecule has 1 fully saturated rings. The molecule has 0 amide bonds. The van der Waals surface area contributed by atoms with E-state index in [2.05, 4.69) is 17.2 Å². The predicted molar refractivity (Wildman–Crippen MR) is 120 cm³/mol. The highest BCUT2D eigenvalue weighted by atomic mass is 16.4. The molecule has 2 aromatic carbocycles. The molecule has 1 atom stereocenters. The maximum absolute atomic E-state index is 12.0. The van der Waals surface area contributed by atoms with Gasteiger partial charge in [0.2, 0.25) is 0 Å². The van der Waals surface area contributed by atoms with Gasteiger partial charge in [-0.05, 0) is 42.8 Å². The zero-order valence-electron chi connectivity index (χ0n) is 17.5. The number of nitrogens with zero attached hydrogens (tertiary/aromatic N) is 1. The highest BCUT2D eigenvalue weighted by Crippen LogP contribution is 2.26. The molecule has 3 aromatic rings. The second-order valence-corrected chi connectivity index (χ2v) is 7.44. The Morgan fingerprint density at radius 1 is 0.853 bits per heavy atom. The van der Waals surface area contributed by atoms with Gasteiger partial charge in [0.25, 0.3) is 0 Å². The SMILES string of the molecule is O=C=C1CCC(n2c(=C=O)c3ccc(C#Cc4ccc(C(=O)O)cc4)cc3c2=C=O)C(=C=O)N1. The molecule has 1 aliphatic rings. The summed E-state index contributed by atoms with van der Waals surface area (Å²) in [4.78, 5) is 57.3. The van der Waals surface area contributed by atoms with Gasteiger partial charge in [-0.2, -0.15) is 0 Å². The third-order valence-electron chi connectivity index (χ3n) is 5.52. The molecule has 0 saturated carbocycles. The number of aromatic nitrogens is 1. The molecule has 1 unspecified atom stereocenters. The summed E-state index contributed by atoms with van der Waals surface area (Å²) in [5.41, 5.74) is 1.48. The van der Waals surface area contributed by atoms with Crippen molar-refractivity contribution in [3.63, 3.8) is 0 Å². The van der Waals surface area contributed by atoms with Crippen molar-refractivity contribution in [2.45, 2.75) is 18.9 Å². The summed E-state index contributed by atoms with van der Waals surface area (Å²) in [5.74, 6) is 12.0. The largest absolute Gasteiger partial charge is 0.478 e. The first-order chi connectivity index (χ1) is 16.5. The number of carbonyl (C=O) groups excluding carboxylic acids is 4. The number of allylic oxidation sites excluding steroid dienone is 2. The molecule has 1 aliphatic heterocycles. The van der Waals surface area contributed by atoms with E-state index in [1.807, 2.05) is 11.9 Å². The molecule has 8 heteroatoms. The number of rotatable bonds is 2. The van der Waals surface area contributed by atoms with Crippen molar-refractivity contribution in [3.8, 4) is 11.8 Å². The third kappa shape index (κ3) is 3.90. The average molecular weight is 450 g/mol. The quantitative estimate of drug-likeness (QED) is 0.419. The summed E-state index contributed by atoms with van der Waals surface area (Å²) >= 11 is 0. The van der Waals surface area contributed by atoms with Crippen LogP contribution in [0.4, 0.5) is 0 Å². The molecule has 4 rings (SSSR count). The number of nitrogens with one attached hydrogen (secondary N) is 1. The fourth-order valence-electron chi connectivity index (χ4n) is 3.92. The molecule has 2 heterocycles. The Bertz CT molecular complexity index is 1680. The molecule has 1 saturated heterocycles. The Morgan fingerprint density at radius 3 is 2.12 bits per heavy atom. The lowest BCUT2D eigenvalue weighted by Gasteiger charge is -2.25. The first-order valence-electron chi connectivity index (χ1n) is 10.1. The lowest BCUT2D eigenvalue weighted by atomic mass is 10.0. The average Bonchev–Trinajstić information content (AvgIpc) is 3.19. The Hall–Kier alpha value is -5.13. The third-order valence-corrected chi connectivity index (χ3v) is 5.52. The number of carbonyl (C=O) groups is 1. The standard InChI is InChI=1S/C26H14N2O6/c29-12-19-8-10-23(22(13-30)27-19)28-24(14-31)20-9-5-17(11-21(20)25(28)15-32)2-1-16-3-6-18(7-4-16)26(33)34/h3-7,9,11,23,27H,8,10H2,(H,33,34). The van der Waals surface area contributed by atoms with E-state index in [1.165, 1.54) is 16.7 Å². The number of carboxylic acid groups (broad SMARTS) is 1. The van der Waals surface area contributed by atoms with Gasteiger partial charge in [0.1, 0.15) is 34.0 Å². The van der Waals surface area contributed by atoms with E-state index in [4.69, 9.17) is 5.11 Å². The Kier molecular flexibility index (Phi) is 5.95. The van der Waals surface area contributed by atoms with Gasteiger partial charge in [-0.1, -0.05) is 17.9 Å². The first-order valence-corrected chi connectivity index (χ1v) is 10.1. The molecular weight excluding hydrogens is 436 g/mol. The summed E-state index contributed by atoms with van der Waals surface area (Å²) < 4.78 is 1.38. The van der Waals surface area contributed by atoms with Crippen LogP contribution in [0.2, 0.25) is 0 Å². The van der Waals surface area contributed by atoms with Gasteiger partial charge in [-0.15, -0.1) is 0 Å². The van der Waals surface area contributed by atoms with E-state index >= 15 is 0 Å². The lowest BCUT2D eigenvalue weighted by molar-refractivity contribution is 0.0697. The van der Waals surface area contributed by atoms with Crippen LogP contribution in [0.15, 0.2) is 53.9 Å². The number of aromatic carboxylic acids is 1. The Morgan fingerprint density at radius 2 is 1.50 bits per heavy atom. The van der Waals surface area contributed by atoms with Crippen LogP contribution < -0.4 is 16.0 Å². The first kappa shape index (κ1) is 22.1. The molecule has 1 aromatic heterocycles. The van der Waals surface area contributed by atoms with Crippen molar-refractivity contribution < 1.29 is 29.1 Å². The van der Waals surface area contributed by atoms with Gasteiger partial charge in [0.05, 0.1) is 11.6 Å². The fraction of sp³-hybridized carbons (Fsp3) is 0.115. The van der Waals surface area contributed by atoms with Crippen LogP contribution >= 0.6 is 0 Å². The second kappa shape index (κ2) is 9.16. The number of benzene rings is 2. The summed E-state index contributed by atoms with van der Waals surface area (Å²) in [5, 5.41) is 12.6. The number of piperidine rings is 1. The summed E-state index contributed by atoms with van der Waals surface area (Å²) in [6.45, 7) is 0. The van der Waals surface area contributed by atoms with Crippen molar-refractivity contribution in [1.29, 1.82) is 0 Å². The number of fused-ring (bicyclic) bond motifs is 1. The second-order valence-electron chi connectivity index (χ2n) is 7.44. The van der Waals surface area contributed by atoms with E-state index in [-0.39, 0.29) is 40.5 Å². The lowest BCUT2D eigenvalue weighted by Crippen LogP contribution is -2.39. The molecule has 164 valence electrons. The van der Waals surface area contributed by atoms with E-state index in [1.54, 1.807) is 42.2 Å². The minimum atomic E-state index is -1.03. The van der Waals surface area contributed by atoms with Gasteiger partial charge in [-0.3, -0.25) is 0 Å². The minimum Gasteiger partial charge on any atom is -0.478 e. The zero-order chi connectivity index (χ0) is 24.2. The molecule has 0 aliphatic carbocycles. The molecule has 8 nitrogen and oxygen atoms in total. The van der Waals surface area contributed by atoms with Gasteiger partial charge in [0, 0.05) is 28.3 Å². The summed E-state index contributed by atoms with van der Waals surface area (Å²) in [6, 6.07) is 10.2. The highest BCUT2D eigenvalue weighted by molar-refractivity contribution is 5.90. The highest BCUT2D eigenvalue weighted by Gasteiger charge is 2.27. The predicted octanol–water partition coefficient (Wildman–Crippen LogP) is 0.101. The van der Waals surface area contributed by atoms with Crippen LogP contribution in [-0.2, 0) is 19.2 Å². The fourth-order valence-corrected chi connectivity index (χ4v) is 3.92. The number of hydrogen-bond donors (Lipinski definition) is 2. The van der Waals surface area contributed by atoms with Crippen molar-refractivity contribution in [2.75, 3.05) is 0 Å². The van der Waals surface area contributed by atoms with Gasteiger partial charge < -0.3 is 15.0 Å². The van der Waals surface area contributed by atoms with Crippen LogP contribution in [0.1, 0.15) is 40.4 Å². The summed E-state index contributed by atoms with van der Waals surface area (Å²) in [6.07, 6.45) is 0.535. The van der Waals surface area contributed by atoms with Gasteiger partial charge in [-0.25, -0.2) is 24.0 Å². The normalized spacial score (nSPS) is 14.6. The van der Waals surface area contributed by atoms with Crippen molar-refractivity contribution in [3.05, 3.63) is 81.2 Å². The van der Waals surface area contributed by atoms with Crippen molar-refractivity contribution >= 4 is 40.5 Å². The minimum absolute atomic E-state index is 0.00253. The van der Waals surface area contributed by atoms with E-state index in [0.717, 1.165) is 0 Å². The van der Waals surface area contributed by atoms with Crippen LogP contribution in [0.25, 0.3) is 10.8 Å². The molecule has 2 N–H and O–H groups in total. The van der Waals surface area contributed by atoms with Crippen molar-refractivity contribution in [2.24, 2.45) is 0 Å². The smallest absolute Gasteiger partial charge is 0.335 e. The van der Waals surface area contributed by atoms with Gasteiger partial charge >= 0.3 is 5.97 Å². The van der Waals surface area contributed by atoms with Crippen LogP contribution in [-0.4, -0.2) is 39.4 Å². The number of hydrogen-bond acceptors (Lipinski definition) is 6. The van der Waals surface area contributed by atoms with E-state index in [9.17, 15) is 24.0 Å². The molecule has 0 spiro atoms. The Balaban J connectivity index is 1.83. The molecule has 0 bridgehead atoms. The summed E-state index contributed by atoms with van der Waals surface area (Å²) in [7, 11) is 0. The molecule has 0 radical (unpaired) electrons. The van der Waals surface area contributed by atoms with E-state index in [0.29, 0.717) is 21.9 Å². The Labute approximate surface area is 191 Å². The van der Waals surface area contributed by atoms with Crippen LogP contribution in [0, 0.1) is 11.8 Å². The zero-order valence-corrected chi connectivity index (χ0v) is 17.5. The maximum Gasteiger partial charge on any atom is 0.335 e.